The van der Waals surface area contributed by atoms with E-state index in [1.165, 1.54) is 13.2 Å². The molecule has 2 amide bonds. The Labute approximate surface area is 48.6 Å². The number of nitrogens with two attached hydrogens (primary N) is 1. The first-order chi connectivity index (χ1) is 3.42. The van der Waals surface area contributed by atoms with Crippen LogP contribution in [0.2, 0.25) is 0 Å². The Morgan fingerprint density at radius 3 is 2.00 bits per heavy atom. The molecule has 1 atom stereocenters. The second kappa shape index (κ2) is 2.28. The predicted octanol–water partition coefficient (Wildman–Crippen LogP) is -1.23. The second-order valence-corrected chi connectivity index (χ2v) is 4.17. The maximum Gasteiger partial charge on any atom is 0.326 e. The van der Waals surface area contributed by atoms with E-state index in [0.29, 0.717) is 0 Å². The summed E-state index contributed by atoms with van der Waals surface area (Å²) in [6.45, 7) is 0. The van der Waals surface area contributed by atoms with Crippen LogP contribution < -0.4 is 10.5 Å². The lowest BCUT2D eigenvalue weighted by atomic mass is 11.2. The van der Waals surface area contributed by atoms with Gasteiger partial charge in [-0.25, -0.2) is 17.9 Å². The summed E-state index contributed by atoms with van der Waals surface area (Å²) < 4.78 is 21.4. The minimum Gasteiger partial charge on any atom is -0.351 e. The third kappa shape index (κ3) is 5.65. The normalized spacial score (nSPS) is 10.6. The maximum atomic E-state index is 9.99. The van der Waals surface area contributed by atoms with E-state index in [1.807, 2.05) is 0 Å². The van der Waals surface area contributed by atoms with Crippen LogP contribution in [0.5, 0.6) is 0 Å². The van der Waals surface area contributed by atoms with Gasteiger partial charge in [-0.2, -0.15) is 0 Å². The molecule has 5 nitrogen and oxygen atoms in total. The number of hydrogen-bond donors (Lipinski definition) is 2. The van der Waals surface area contributed by atoms with Crippen LogP contribution in [0.3, 0.4) is 0 Å². The van der Waals surface area contributed by atoms with Crippen molar-refractivity contribution in [3.63, 3.8) is 0 Å². The molecule has 0 aromatic rings. The summed E-state index contributed by atoms with van der Waals surface area (Å²) in [6, 6.07) is -1.08. The molecule has 48 valence electrons. The average molecular weight is 156 g/mol. The van der Waals surface area contributed by atoms with E-state index in [9.17, 15) is 13.2 Å². The molecule has 0 spiro atoms. The summed E-state index contributed by atoms with van der Waals surface area (Å²) in [7, 11) is -2.11. The van der Waals surface area contributed by atoms with E-state index >= 15 is 0 Å². The topological polar surface area (TPSA) is 89.3 Å². The number of urea groups is 1. The summed E-state index contributed by atoms with van der Waals surface area (Å²) in [4.78, 5) is 9.73. The number of amides is 2. The maximum absolute atomic E-state index is 9.99. The molecule has 0 fully saturated rings. The van der Waals surface area contributed by atoms with Gasteiger partial charge in [0.1, 0.15) is 0 Å². The van der Waals surface area contributed by atoms with Gasteiger partial charge in [0, 0.05) is 8.44 Å². The lowest BCUT2D eigenvalue weighted by Gasteiger charge is -1.92. The molecule has 3 N–H and O–H groups in total. The van der Waals surface area contributed by atoms with Gasteiger partial charge >= 0.3 is 6.03 Å². The van der Waals surface area contributed by atoms with Crippen LogP contribution in [0.15, 0.2) is 0 Å². The molecule has 0 bridgehead atoms. The Morgan fingerprint density at radius 1 is 1.62 bits per heavy atom. The molecule has 0 saturated heterocycles. The Kier molecular flexibility index (Phi) is 2.18. The molecule has 0 radical (unpaired) electrons. The quantitative estimate of drug-likeness (QED) is 0.466. The summed E-state index contributed by atoms with van der Waals surface area (Å²) in [5.41, 5.74) is 4.44. The standard InChI is InChI=1S/CH5N2O3PS/c2-1(4)3-8(5,6)7/h7H2,(H3,2,3,4). The van der Waals surface area contributed by atoms with Crippen molar-refractivity contribution in [2.75, 3.05) is 0 Å². The molecule has 0 aromatic heterocycles. The number of hydrogen-bond acceptors (Lipinski definition) is 3. The van der Waals surface area contributed by atoms with Crippen molar-refractivity contribution in [1.82, 2.24) is 4.72 Å². The van der Waals surface area contributed by atoms with Gasteiger partial charge in [0.15, 0.2) is 0 Å². The molecule has 0 rings (SSSR count). The van der Waals surface area contributed by atoms with Crippen LogP contribution in [-0.4, -0.2) is 14.4 Å². The van der Waals surface area contributed by atoms with Crippen molar-refractivity contribution in [2.45, 2.75) is 0 Å². The summed E-state index contributed by atoms with van der Waals surface area (Å²) >= 11 is 0. The van der Waals surface area contributed by atoms with Gasteiger partial charge in [0.25, 0.3) is 0 Å². The highest BCUT2D eigenvalue weighted by Crippen LogP contribution is 1.91. The molecule has 7 heteroatoms. The highest BCUT2D eigenvalue weighted by Gasteiger charge is 2.00. The Bertz CT molecular complexity index is 183. The molecular weight excluding hydrogens is 151 g/mol. The first-order valence-corrected chi connectivity index (χ1v) is 4.48. The molecule has 0 aliphatic carbocycles. The van der Waals surface area contributed by atoms with Crippen LogP contribution in [0.4, 0.5) is 4.79 Å². The average Bonchev–Trinajstić information content (AvgIpc) is 1.21. The van der Waals surface area contributed by atoms with Crippen LogP contribution in [-0.2, 0) is 9.64 Å². The van der Waals surface area contributed by atoms with Crippen LogP contribution in [0, 0.1) is 0 Å². The minimum atomic E-state index is -3.53. The Hall–Kier alpha value is -0.350. The van der Waals surface area contributed by atoms with Crippen LogP contribution >= 0.6 is 8.44 Å². The smallest absolute Gasteiger partial charge is 0.326 e. The molecule has 0 heterocycles. The van der Waals surface area contributed by atoms with E-state index in [1.54, 1.807) is 0 Å². The molecular formula is CH5N2O3PS. The fourth-order valence-corrected chi connectivity index (χ4v) is 0.769. The summed E-state index contributed by atoms with van der Waals surface area (Å²) in [5.74, 6) is 0. The number of primary amides is 1. The predicted molar refractivity (Wildman–Crippen MR) is 31.3 cm³/mol. The number of carbonyl (C=O) groups excluding carboxylic acids is 1. The van der Waals surface area contributed by atoms with Crippen LogP contribution in [0.1, 0.15) is 0 Å². The first-order valence-electron chi connectivity index (χ1n) is 1.52. The van der Waals surface area contributed by atoms with Crippen LogP contribution in [0.25, 0.3) is 0 Å². The van der Waals surface area contributed by atoms with E-state index in [-0.39, 0.29) is 0 Å². The molecule has 8 heavy (non-hydrogen) atoms. The van der Waals surface area contributed by atoms with E-state index in [0.717, 1.165) is 0 Å². The van der Waals surface area contributed by atoms with Crippen molar-refractivity contribution >= 4 is 24.1 Å². The highest BCUT2D eigenvalue weighted by molar-refractivity contribution is 8.36. The number of nitrogens with one attached hydrogen (secondary N) is 1. The highest BCUT2D eigenvalue weighted by atomic mass is 32.7. The SMILES string of the molecule is NC(=O)NS(=O)(=O)P. The zero-order chi connectivity index (χ0) is 6.78. The summed E-state index contributed by atoms with van der Waals surface area (Å²) in [6.07, 6.45) is 0. The van der Waals surface area contributed by atoms with E-state index in [2.05, 4.69) is 5.73 Å². The summed E-state index contributed by atoms with van der Waals surface area (Å²) in [5, 5.41) is 0. The van der Waals surface area contributed by atoms with Gasteiger partial charge in [-0.3, -0.25) is 0 Å². The van der Waals surface area contributed by atoms with E-state index in [4.69, 9.17) is 0 Å². The van der Waals surface area contributed by atoms with Crippen molar-refractivity contribution in [1.29, 1.82) is 0 Å². The van der Waals surface area contributed by atoms with Crippen molar-refractivity contribution in [2.24, 2.45) is 5.73 Å². The molecule has 0 aliphatic rings. The lowest BCUT2D eigenvalue weighted by Crippen LogP contribution is -2.31. The van der Waals surface area contributed by atoms with Crippen molar-refractivity contribution < 1.29 is 13.2 Å². The van der Waals surface area contributed by atoms with Gasteiger partial charge < -0.3 is 5.73 Å². The van der Waals surface area contributed by atoms with Crippen molar-refractivity contribution in [3.8, 4) is 0 Å². The van der Waals surface area contributed by atoms with Gasteiger partial charge in [-0.15, -0.1) is 0 Å². The number of carbonyl (C=O) groups is 1. The Balaban J connectivity index is 3.95. The molecule has 0 aliphatic heterocycles. The fraction of sp³-hybridized carbons (Fsp3) is 0. The van der Waals surface area contributed by atoms with Gasteiger partial charge in [-0.05, 0) is 0 Å². The zero-order valence-electron chi connectivity index (χ0n) is 3.79. The largest absolute Gasteiger partial charge is 0.351 e. The first kappa shape index (κ1) is 7.65. The third-order valence-electron chi connectivity index (χ3n) is 0.243. The molecule has 0 saturated carbocycles. The Morgan fingerprint density at radius 2 is 2.00 bits per heavy atom. The fourth-order valence-electron chi connectivity index (χ4n) is 0.140. The molecule has 1 unspecified atom stereocenters. The van der Waals surface area contributed by atoms with Crippen molar-refractivity contribution in [3.05, 3.63) is 0 Å². The monoisotopic (exact) mass is 156 g/mol. The number of rotatable bonds is 1. The zero-order valence-corrected chi connectivity index (χ0v) is 5.76. The molecule has 0 aromatic carbocycles. The third-order valence-corrected chi connectivity index (χ3v) is 1.08. The van der Waals surface area contributed by atoms with Gasteiger partial charge in [0.05, 0.1) is 0 Å². The second-order valence-electron chi connectivity index (χ2n) is 1.01. The lowest BCUT2D eigenvalue weighted by molar-refractivity contribution is 0.253. The van der Waals surface area contributed by atoms with Gasteiger partial charge in [-0.1, -0.05) is 0 Å². The van der Waals surface area contributed by atoms with Gasteiger partial charge in [0.2, 0.25) is 9.64 Å². The van der Waals surface area contributed by atoms with E-state index < -0.39 is 15.7 Å². The minimum absolute atomic E-state index is 1.08.